The average Bonchev–Trinajstić information content (AvgIpc) is 3.12. The van der Waals surface area contributed by atoms with Crippen LogP contribution in [0, 0.1) is 18.3 Å². The van der Waals surface area contributed by atoms with Gasteiger partial charge in [-0.15, -0.1) is 11.3 Å². The topological polar surface area (TPSA) is 88.9 Å². The van der Waals surface area contributed by atoms with Gasteiger partial charge in [-0.05, 0) is 36.1 Å². The lowest BCUT2D eigenvalue weighted by Gasteiger charge is -2.24. The molecule has 7 nitrogen and oxygen atoms in total. The van der Waals surface area contributed by atoms with Gasteiger partial charge in [-0.3, -0.25) is 4.79 Å². The Labute approximate surface area is 160 Å². The van der Waals surface area contributed by atoms with Crippen LogP contribution in [0.15, 0.2) is 29.6 Å². The number of amides is 1. The summed E-state index contributed by atoms with van der Waals surface area (Å²) < 4.78 is 16.2. The number of ether oxygens (including phenoxy) is 3. The number of carbonyl (C=O) groups is 2. The first-order valence-electron chi connectivity index (χ1n) is 8.38. The molecule has 0 bridgehead atoms. The zero-order valence-electron chi connectivity index (χ0n) is 14.8. The number of aryl methyl sites for hydroxylation is 1. The lowest BCUT2D eigenvalue weighted by Crippen LogP contribution is -2.35. The molecule has 0 unspecified atom stereocenters. The Morgan fingerprint density at radius 3 is 2.74 bits per heavy atom. The van der Waals surface area contributed by atoms with Crippen LogP contribution < -0.4 is 14.4 Å². The van der Waals surface area contributed by atoms with Gasteiger partial charge in [-0.2, -0.15) is 5.26 Å². The van der Waals surface area contributed by atoms with Crippen LogP contribution in [0.3, 0.4) is 0 Å². The molecule has 8 heteroatoms. The summed E-state index contributed by atoms with van der Waals surface area (Å²) >= 11 is 1.27. The fourth-order valence-corrected chi connectivity index (χ4v) is 3.43. The summed E-state index contributed by atoms with van der Waals surface area (Å²) in [4.78, 5) is 26.7. The molecule has 27 heavy (non-hydrogen) atoms. The van der Waals surface area contributed by atoms with Crippen LogP contribution in [0.4, 0.5) is 5.69 Å². The number of carbonyl (C=O) groups excluding carboxylic acids is 2. The molecule has 140 valence electrons. The minimum Gasteiger partial charge on any atom is -0.486 e. The van der Waals surface area contributed by atoms with E-state index in [2.05, 4.69) is 0 Å². The Morgan fingerprint density at radius 2 is 2.04 bits per heavy atom. The van der Waals surface area contributed by atoms with Crippen LogP contribution in [-0.4, -0.2) is 38.2 Å². The van der Waals surface area contributed by atoms with E-state index in [-0.39, 0.29) is 13.0 Å². The smallest absolute Gasteiger partial charge is 0.349 e. The van der Waals surface area contributed by atoms with Crippen LogP contribution in [0.25, 0.3) is 0 Å². The standard InChI is InChI=1S/C19H18N2O5S/c1-13-5-10-27-18(13)19(23)26-12-17(22)21(7-2-6-20)14-3-4-15-16(11-14)25-9-8-24-15/h3-5,10-11H,2,7-9,12H2,1H3. The molecular formula is C19H18N2O5S. The molecule has 0 radical (unpaired) electrons. The number of nitrogens with zero attached hydrogens (tertiary/aromatic N) is 2. The molecule has 0 fully saturated rings. The summed E-state index contributed by atoms with van der Waals surface area (Å²) in [6.07, 6.45) is 0.151. The van der Waals surface area contributed by atoms with Gasteiger partial charge in [0.1, 0.15) is 18.1 Å². The third-order valence-electron chi connectivity index (χ3n) is 3.96. The molecule has 0 saturated heterocycles. The number of fused-ring (bicyclic) bond motifs is 1. The summed E-state index contributed by atoms with van der Waals surface area (Å²) in [5, 5.41) is 10.7. The van der Waals surface area contributed by atoms with Gasteiger partial charge in [0, 0.05) is 18.3 Å². The lowest BCUT2D eigenvalue weighted by molar-refractivity contribution is -0.121. The maximum Gasteiger partial charge on any atom is 0.349 e. The fourth-order valence-electron chi connectivity index (χ4n) is 2.61. The fraction of sp³-hybridized carbons (Fsp3) is 0.316. The van der Waals surface area contributed by atoms with Gasteiger partial charge in [-0.1, -0.05) is 0 Å². The van der Waals surface area contributed by atoms with Crippen molar-refractivity contribution in [3.63, 3.8) is 0 Å². The molecule has 3 rings (SSSR count). The number of hydrogen-bond acceptors (Lipinski definition) is 7. The van der Waals surface area contributed by atoms with E-state index in [1.807, 2.05) is 19.1 Å². The zero-order chi connectivity index (χ0) is 19.2. The van der Waals surface area contributed by atoms with Crippen molar-refractivity contribution in [2.75, 3.05) is 31.3 Å². The highest BCUT2D eigenvalue weighted by atomic mass is 32.1. The molecular weight excluding hydrogens is 368 g/mol. The van der Waals surface area contributed by atoms with Gasteiger partial charge >= 0.3 is 5.97 Å². The van der Waals surface area contributed by atoms with Gasteiger partial charge in [0.2, 0.25) is 0 Å². The second kappa shape index (κ2) is 8.56. The number of esters is 1. The Hall–Kier alpha value is -3.05. The third kappa shape index (κ3) is 4.38. The van der Waals surface area contributed by atoms with E-state index < -0.39 is 18.5 Å². The Bertz CT molecular complexity index is 886. The van der Waals surface area contributed by atoms with E-state index in [1.54, 1.807) is 23.6 Å². The Kier molecular flexibility index (Phi) is 5.94. The Morgan fingerprint density at radius 1 is 1.26 bits per heavy atom. The first-order chi connectivity index (χ1) is 13.1. The van der Waals surface area contributed by atoms with Crippen LogP contribution in [0.1, 0.15) is 21.7 Å². The van der Waals surface area contributed by atoms with Crippen LogP contribution >= 0.6 is 11.3 Å². The molecule has 2 heterocycles. The molecule has 0 spiro atoms. The van der Waals surface area contributed by atoms with Crippen molar-refractivity contribution in [3.8, 4) is 17.6 Å². The van der Waals surface area contributed by atoms with Gasteiger partial charge in [0.15, 0.2) is 18.1 Å². The van der Waals surface area contributed by atoms with E-state index in [0.717, 1.165) is 5.56 Å². The highest BCUT2D eigenvalue weighted by molar-refractivity contribution is 7.12. The predicted molar refractivity (Wildman–Crippen MR) is 99.4 cm³/mol. The Balaban J connectivity index is 1.72. The highest BCUT2D eigenvalue weighted by Gasteiger charge is 2.21. The third-order valence-corrected chi connectivity index (χ3v) is 4.96. The quantitative estimate of drug-likeness (QED) is 0.709. The molecule has 1 aliphatic rings. The number of nitriles is 1. The second-order valence-electron chi connectivity index (χ2n) is 5.79. The molecule has 0 saturated carbocycles. The molecule has 0 aliphatic carbocycles. The van der Waals surface area contributed by atoms with Gasteiger partial charge in [0.05, 0.1) is 12.5 Å². The normalized spacial score (nSPS) is 12.1. The zero-order valence-corrected chi connectivity index (χ0v) is 15.6. The van der Waals surface area contributed by atoms with Crippen LogP contribution in [0.5, 0.6) is 11.5 Å². The van der Waals surface area contributed by atoms with E-state index >= 15 is 0 Å². The second-order valence-corrected chi connectivity index (χ2v) is 6.71. The van der Waals surface area contributed by atoms with Crippen molar-refractivity contribution in [3.05, 3.63) is 40.1 Å². The average molecular weight is 386 g/mol. The SMILES string of the molecule is Cc1ccsc1C(=O)OCC(=O)N(CCC#N)c1ccc2c(c1)OCCO2. The van der Waals surface area contributed by atoms with E-state index in [1.165, 1.54) is 16.2 Å². The molecule has 1 aliphatic heterocycles. The molecule has 1 amide bonds. The van der Waals surface area contributed by atoms with Crippen molar-refractivity contribution in [2.24, 2.45) is 0 Å². The number of anilines is 1. The number of hydrogen-bond donors (Lipinski definition) is 0. The largest absolute Gasteiger partial charge is 0.486 e. The summed E-state index contributed by atoms with van der Waals surface area (Å²) in [5.74, 6) is 0.208. The van der Waals surface area contributed by atoms with E-state index in [9.17, 15) is 9.59 Å². The minimum absolute atomic E-state index is 0.151. The maximum atomic E-state index is 12.6. The van der Waals surface area contributed by atoms with Crippen molar-refractivity contribution >= 4 is 28.9 Å². The minimum atomic E-state index is -0.529. The van der Waals surface area contributed by atoms with Crippen molar-refractivity contribution < 1.29 is 23.8 Å². The molecule has 0 atom stereocenters. The van der Waals surface area contributed by atoms with Gasteiger partial charge < -0.3 is 19.1 Å². The number of benzene rings is 1. The molecule has 1 aromatic heterocycles. The summed E-state index contributed by atoms with van der Waals surface area (Å²) in [6.45, 7) is 2.49. The highest BCUT2D eigenvalue weighted by Crippen LogP contribution is 2.34. The lowest BCUT2D eigenvalue weighted by atomic mass is 10.2. The summed E-state index contributed by atoms with van der Waals surface area (Å²) in [6, 6.07) is 8.97. The van der Waals surface area contributed by atoms with Crippen molar-refractivity contribution in [2.45, 2.75) is 13.3 Å². The van der Waals surface area contributed by atoms with E-state index in [4.69, 9.17) is 19.5 Å². The predicted octanol–water partition coefficient (Wildman–Crippen LogP) is 2.93. The molecule has 0 N–H and O–H groups in total. The number of rotatable bonds is 6. The first kappa shape index (κ1) is 18.7. The number of thiophene rings is 1. The van der Waals surface area contributed by atoms with Crippen molar-refractivity contribution in [1.29, 1.82) is 5.26 Å². The monoisotopic (exact) mass is 386 g/mol. The summed E-state index contributed by atoms with van der Waals surface area (Å²) in [7, 11) is 0. The summed E-state index contributed by atoms with van der Waals surface area (Å²) in [5.41, 5.74) is 1.37. The van der Waals surface area contributed by atoms with Crippen LogP contribution in [0.2, 0.25) is 0 Å². The van der Waals surface area contributed by atoms with Crippen molar-refractivity contribution in [1.82, 2.24) is 0 Å². The van der Waals surface area contributed by atoms with Gasteiger partial charge in [0.25, 0.3) is 5.91 Å². The van der Waals surface area contributed by atoms with Crippen LogP contribution in [-0.2, 0) is 9.53 Å². The maximum absolute atomic E-state index is 12.6. The molecule has 2 aromatic rings. The first-order valence-corrected chi connectivity index (χ1v) is 9.26. The molecule has 1 aromatic carbocycles. The van der Waals surface area contributed by atoms with Gasteiger partial charge in [-0.25, -0.2) is 4.79 Å². The van der Waals surface area contributed by atoms with E-state index in [0.29, 0.717) is 35.3 Å².